The molecule has 2 N–H and O–H groups in total. The van der Waals surface area contributed by atoms with Crippen molar-refractivity contribution in [3.8, 4) is 17.4 Å². The second-order valence-corrected chi connectivity index (χ2v) is 3.91. The number of ether oxygens (including phenoxy) is 2. The highest BCUT2D eigenvalue weighted by atomic mass is 16.5. The number of hydrogen-bond acceptors (Lipinski definition) is 7. The summed E-state index contributed by atoms with van der Waals surface area (Å²) in [6.45, 7) is 2.32. The molecule has 0 aliphatic rings. The Hall–Kier alpha value is -2.83. The van der Waals surface area contributed by atoms with Gasteiger partial charge in [0.1, 0.15) is 0 Å². The van der Waals surface area contributed by atoms with E-state index in [4.69, 9.17) is 9.47 Å². The molecule has 0 unspecified atom stereocenters. The van der Waals surface area contributed by atoms with Crippen molar-refractivity contribution in [2.24, 2.45) is 5.10 Å². The fourth-order valence-corrected chi connectivity index (χ4v) is 1.63. The highest BCUT2D eigenvalue weighted by Gasteiger charge is 2.06. The van der Waals surface area contributed by atoms with Gasteiger partial charge in [0.25, 0.3) is 5.88 Å². The van der Waals surface area contributed by atoms with Crippen molar-refractivity contribution in [1.29, 1.82) is 0 Å². The van der Waals surface area contributed by atoms with E-state index in [1.54, 1.807) is 18.2 Å². The topological polar surface area (TPSA) is 88.9 Å². The average molecular weight is 288 g/mol. The number of nitrogens with one attached hydrogen (secondary N) is 1. The van der Waals surface area contributed by atoms with Gasteiger partial charge in [-0.2, -0.15) is 5.10 Å². The molecule has 1 heterocycles. The van der Waals surface area contributed by atoms with Gasteiger partial charge in [0, 0.05) is 18.0 Å². The molecule has 0 atom stereocenters. The van der Waals surface area contributed by atoms with Crippen LogP contribution in [0.1, 0.15) is 12.5 Å². The molecule has 1 aromatic carbocycles. The summed E-state index contributed by atoms with van der Waals surface area (Å²) in [5.74, 6) is 1.17. The van der Waals surface area contributed by atoms with Crippen molar-refractivity contribution in [2.45, 2.75) is 6.92 Å². The standard InChI is InChI=1S/C14H16N4O3/c1-3-21-11-6-4-5-10(12(11)19)9-17-18-13-14(20-2)16-8-7-15-13/h4-9,19H,3H2,1-2H3,(H,15,18). The second kappa shape index (κ2) is 7.09. The maximum absolute atomic E-state index is 10.0. The summed E-state index contributed by atoms with van der Waals surface area (Å²) in [4.78, 5) is 8.04. The third-order valence-corrected chi connectivity index (χ3v) is 2.56. The Kier molecular flexibility index (Phi) is 4.92. The summed E-state index contributed by atoms with van der Waals surface area (Å²) in [6, 6.07) is 5.18. The summed E-state index contributed by atoms with van der Waals surface area (Å²) in [5.41, 5.74) is 3.23. The molecular weight excluding hydrogens is 272 g/mol. The van der Waals surface area contributed by atoms with E-state index in [0.717, 1.165) is 0 Å². The van der Waals surface area contributed by atoms with Crippen molar-refractivity contribution in [2.75, 3.05) is 19.1 Å². The van der Waals surface area contributed by atoms with Crippen LogP contribution in [0, 0.1) is 0 Å². The number of phenolic OH excluding ortho intramolecular Hbond substituents is 1. The van der Waals surface area contributed by atoms with Crippen LogP contribution in [0.25, 0.3) is 0 Å². The molecule has 7 heteroatoms. The molecule has 0 aliphatic carbocycles. The Labute approximate surface area is 122 Å². The Morgan fingerprint density at radius 2 is 2.14 bits per heavy atom. The Balaban J connectivity index is 2.13. The maximum atomic E-state index is 10.0. The van der Waals surface area contributed by atoms with Gasteiger partial charge in [-0.25, -0.2) is 9.97 Å². The quantitative estimate of drug-likeness (QED) is 0.624. The fourth-order valence-electron chi connectivity index (χ4n) is 1.63. The number of phenols is 1. The number of benzene rings is 1. The third-order valence-electron chi connectivity index (χ3n) is 2.56. The number of anilines is 1. The van der Waals surface area contributed by atoms with Gasteiger partial charge >= 0.3 is 0 Å². The summed E-state index contributed by atoms with van der Waals surface area (Å²) in [6.07, 6.45) is 4.50. The Morgan fingerprint density at radius 1 is 1.33 bits per heavy atom. The van der Waals surface area contributed by atoms with Gasteiger partial charge in [-0.1, -0.05) is 6.07 Å². The first-order valence-electron chi connectivity index (χ1n) is 6.35. The number of methoxy groups -OCH3 is 1. The zero-order chi connectivity index (χ0) is 15.1. The number of para-hydroxylation sites is 1. The van der Waals surface area contributed by atoms with Gasteiger partial charge in [0.15, 0.2) is 11.5 Å². The van der Waals surface area contributed by atoms with E-state index in [2.05, 4.69) is 20.5 Å². The molecule has 1 aromatic heterocycles. The van der Waals surface area contributed by atoms with Crippen molar-refractivity contribution < 1.29 is 14.6 Å². The lowest BCUT2D eigenvalue weighted by molar-refractivity contribution is 0.318. The minimum absolute atomic E-state index is 0.0380. The minimum atomic E-state index is 0.0380. The fraction of sp³-hybridized carbons (Fsp3) is 0.214. The highest BCUT2D eigenvalue weighted by molar-refractivity contribution is 5.85. The van der Waals surface area contributed by atoms with Gasteiger partial charge in [-0.15, -0.1) is 0 Å². The molecule has 0 amide bonds. The molecule has 0 saturated carbocycles. The molecule has 0 radical (unpaired) electrons. The Morgan fingerprint density at radius 3 is 2.90 bits per heavy atom. The first-order valence-corrected chi connectivity index (χ1v) is 6.35. The summed E-state index contributed by atoms with van der Waals surface area (Å²) in [5, 5.41) is 14.0. The van der Waals surface area contributed by atoms with Gasteiger partial charge in [-0.3, -0.25) is 5.43 Å². The van der Waals surface area contributed by atoms with Gasteiger partial charge in [0.2, 0.25) is 5.82 Å². The largest absolute Gasteiger partial charge is 0.504 e. The van der Waals surface area contributed by atoms with Crippen LogP contribution in [-0.4, -0.2) is 35.0 Å². The normalized spacial score (nSPS) is 10.6. The van der Waals surface area contributed by atoms with Crippen LogP contribution in [0.2, 0.25) is 0 Å². The zero-order valence-electron chi connectivity index (χ0n) is 11.8. The average Bonchev–Trinajstić information content (AvgIpc) is 2.51. The summed E-state index contributed by atoms with van der Waals surface area (Å²) < 4.78 is 10.3. The molecule has 2 aromatic rings. The van der Waals surface area contributed by atoms with Crippen molar-refractivity contribution in [3.05, 3.63) is 36.2 Å². The van der Waals surface area contributed by atoms with E-state index in [0.29, 0.717) is 29.6 Å². The van der Waals surface area contributed by atoms with Crippen LogP contribution < -0.4 is 14.9 Å². The third kappa shape index (κ3) is 3.59. The minimum Gasteiger partial charge on any atom is -0.504 e. The number of rotatable bonds is 6. The number of hydrazone groups is 1. The van der Waals surface area contributed by atoms with Crippen LogP contribution in [-0.2, 0) is 0 Å². The van der Waals surface area contributed by atoms with Gasteiger partial charge in [-0.05, 0) is 19.1 Å². The first kappa shape index (κ1) is 14.6. The number of nitrogens with zero attached hydrogens (tertiary/aromatic N) is 3. The molecule has 0 spiro atoms. The molecule has 110 valence electrons. The molecular formula is C14H16N4O3. The SMILES string of the molecule is CCOc1cccc(C=NNc2nccnc2OC)c1O. The van der Waals surface area contributed by atoms with Crippen molar-refractivity contribution in [1.82, 2.24) is 9.97 Å². The summed E-state index contributed by atoms with van der Waals surface area (Å²) in [7, 11) is 1.50. The van der Waals surface area contributed by atoms with Crippen molar-refractivity contribution in [3.63, 3.8) is 0 Å². The van der Waals surface area contributed by atoms with Gasteiger partial charge in [0.05, 0.1) is 19.9 Å². The molecule has 21 heavy (non-hydrogen) atoms. The zero-order valence-corrected chi connectivity index (χ0v) is 11.8. The smallest absolute Gasteiger partial charge is 0.258 e. The van der Waals surface area contributed by atoms with Gasteiger partial charge < -0.3 is 14.6 Å². The second-order valence-electron chi connectivity index (χ2n) is 3.91. The van der Waals surface area contributed by atoms with Crippen LogP contribution in [0.5, 0.6) is 17.4 Å². The van der Waals surface area contributed by atoms with E-state index >= 15 is 0 Å². The predicted octanol–water partition coefficient (Wildman–Crippen LogP) is 2.04. The molecule has 0 saturated heterocycles. The van der Waals surface area contributed by atoms with Crippen LogP contribution in [0.4, 0.5) is 5.82 Å². The monoisotopic (exact) mass is 288 g/mol. The van der Waals surface area contributed by atoms with E-state index in [-0.39, 0.29) is 5.75 Å². The number of hydrogen-bond donors (Lipinski definition) is 2. The highest BCUT2D eigenvalue weighted by Crippen LogP contribution is 2.28. The van der Waals surface area contributed by atoms with E-state index in [9.17, 15) is 5.11 Å². The van der Waals surface area contributed by atoms with Crippen LogP contribution >= 0.6 is 0 Å². The molecule has 0 aliphatic heterocycles. The van der Waals surface area contributed by atoms with E-state index in [1.807, 2.05) is 6.92 Å². The van der Waals surface area contributed by atoms with E-state index < -0.39 is 0 Å². The Bertz CT molecular complexity index is 631. The van der Waals surface area contributed by atoms with Crippen LogP contribution in [0.15, 0.2) is 35.7 Å². The lowest BCUT2D eigenvalue weighted by atomic mass is 10.2. The number of aromatic nitrogens is 2. The first-order chi connectivity index (χ1) is 10.3. The molecule has 0 bridgehead atoms. The lowest BCUT2D eigenvalue weighted by Crippen LogP contribution is -1.99. The number of aromatic hydroxyl groups is 1. The molecule has 2 rings (SSSR count). The molecule has 0 fully saturated rings. The lowest BCUT2D eigenvalue weighted by Gasteiger charge is -2.07. The maximum Gasteiger partial charge on any atom is 0.258 e. The van der Waals surface area contributed by atoms with Crippen LogP contribution in [0.3, 0.4) is 0 Å². The predicted molar refractivity (Wildman–Crippen MR) is 79.1 cm³/mol. The van der Waals surface area contributed by atoms with E-state index in [1.165, 1.54) is 25.7 Å². The molecule has 7 nitrogen and oxygen atoms in total. The summed E-state index contributed by atoms with van der Waals surface area (Å²) >= 11 is 0. The van der Waals surface area contributed by atoms with Crippen molar-refractivity contribution >= 4 is 12.0 Å².